The van der Waals surface area contributed by atoms with Gasteiger partial charge in [0.05, 0.1) is 31.5 Å². The first-order valence-corrected chi connectivity index (χ1v) is 12.8. The molecule has 0 spiro atoms. The van der Waals surface area contributed by atoms with Crippen molar-refractivity contribution in [3.63, 3.8) is 0 Å². The number of ether oxygens (including phenoxy) is 2. The SMILES string of the molecule is COc1cc(C(=O)NC[C@@](O)(c2cc3c(c(-c4ccc(F)cc4)n2)OC[C@@]3(C)N)C(F)(F)F)cc2ccc(CO)cc12. The largest absolute Gasteiger partial charge is 0.496 e. The normalized spacial score (nSPS) is 17.8. The Morgan fingerprint density at radius 1 is 1.14 bits per heavy atom. The molecular formula is C30H27F4N3O5. The zero-order valence-corrected chi connectivity index (χ0v) is 22.6. The van der Waals surface area contributed by atoms with Gasteiger partial charge in [0.1, 0.15) is 23.9 Å². The van der Waals surface area contributed by atoms with Gasteiger partial charge in [0.15, 0.2) is 5.75 Å². The molecule has 42 heavy (non-hydrogen) atoms. The molecule has 12 heteroatoms. The van der Waals surface area contributed by atoms with Crippen LogP contribution in [0.4, 0.5) is 17.6 Å². The number of amides is 1. The first-order valence-electron chi connectivity index (χ1n) is 12.8. The van der Waals surface area contributed by atoms with E-state index in [9.17, 15) is 32.6 Å². The number of hydrogen-bond donors (Lipinski definition) is 4. The third kappa shape index (κ3) is 5.13. The van der Waals surface area contributed by atoms with E-state index in [2.05, 4.69) is 10.3 Å². The predicted octanol–water partition coefficient (Wildman–Crippen LogP) is 4.29. The van der Waals surface area contributed by atoms with Gasteiger partial charge in [-0.1, -0.05) is 12.1 Å². The van der Waals surface area contributed by atoms with Crippen molar-refractivity contribution in [1.29, 1.82) is 0 Å². The van der Waals surface area contributed by atoms with Gasteiger partial charge in [-0.15, -0.1) is 0 Å². The summed E-state index contributed by atoms with van der Waals surface area (Å²) in [6.45, 7) is -0.00313. The monoisotopic (exact) mass is 585 g/mol. The first kappa shape index (κ1) is 29.2. The molecule has 5 N–H and O–H groups in total. The van der Waals surface area contributed by atoms with Gasteiger partial charge >= 0.3 is 6.18 Å². The summed E-state index contributed by atoms with van der Waals surface area (Å²) in [6.07, 6.45) is -5.28. The number of halogens is 4. The molecule has 1 aromatic heterocycles. The molecule has 220 valence electrons. The van der Waals surface area contributed by atoms with Crippen LogP contribution in [0.1, 0.15) is 34.1 Å². The fraction of sp³-hybridized carbons (Fsp3) is 0.267. The Hall–Kier alpha value is -4.26. The van der Waals surface area contributed by atoms with E-state index in [1.165, 1.54) is 31.4 Å². The van der Waals surface area contributed by atoms with Gasteiger partial charge in [-0.2, -0.15) is 13.2 Å². The highest BCUT2D eigenvalue weighted by molar-refractivity contribution is 6.01. The summed E-state index contributed by atoms with van der Waals surface area (Å²) in [5, 5.41) is 23.9. The van der Waals surface area contributed by atoms with E-state index in [0.717, 1.165) is 18.2 Å². The van der Waals surface area contributed by atoms with Crippen LogP contribution in [0.25, 0.3) is 22.0 Å². The van der Waals surface area contributed by atoms with E-state index in [1.807, 2.05) is 0 Å². The lowest BCUT2D eigenvalue weighted by molar-refractivity contribution is -0.265. The van der Waals surface area contributed by atoms with Crippen LogP contribution in [0, 0.1) is 5.82 Å². The van der Waals surface area contributed by atoms with Crippen molar-refractivity contribution in [3.8, 4) is 22.8 Å². The summed E-state index contributed by atoms with van der Waals surface area (Å²) in [4.78, 5) is 17.2. The lowest BCUT2D eigenvalue weighted by atomic mass is 9.89. The van der Waals surface area contributed by atoms with Crippen LogP contribution in [0.15, 0.2) is 60.7 Å². The number of nitrogens with two attached hydrogens (primary N) is 1. The van der Waals surface area contributed by atoms with Gasteiger partial charge in [0.25, 0.3) is 5.91 Å². The van der Waals surface area contributed by atoms with Gasteiger partial charge in [0.2, 0.25) is 5.60 Å². The average molecular weight is 586 g/mol. The molecule has 1 aliphatic rings. The maximum absolute atomic E-state index is 14.6. The van der Waals surface area contributed by atoms with Crippen molar-refractivity contribution >= 4 is 16.7 Å². The molecule has 2 heterocycles. The molecule has 0 unspecified atom stereocenters. The number of benzene rings is 3. The van der Waals surface area contributed by atoms with Crippen molar-refractivity contribution in [2.45, 2.75) is 30.8 Å². The maximum Gasteiger partial charge on any atom is 0.424 e. The van der Waals surface area contributed by atoms with Crippen molar-refractivity contribution in [3.05, 3.63) is 88.9 Å². The number of methoxy groups -OCH3 is 1. The van der Waals surface area contributed by atoms with Gasteiger partial charge in [-0.25, -0.2) is 9.37 Å². The molecular weight excluding hydrogens is 558 g/mol. The third-order valence-corrected chi connectivity index (χ3v) is 7.27. The van der Waals surface area contributed by atoms with Gasteiger partial charge < -0.3 is 30.7 Å². The number of aromatic nitrogens is 1. The minimum atomic E-state index is -5.28. The number of carbonyl (C=O) groups excluding carboxylic acids is 1. The maximum atomic E-state index is 14.6. The first-order chi connectivity index (χ1) is 19.8. The number of rotatable bonds is 7. The molecule has 3 aromatic carbocycles. The minimum absolute atomic E-state index is 0.0162. The minimum Gasteiger partial charge on any atom is -0.496 e. The molecule has 4 aromatic rings. The number of nitrogens with one attached hydrogen (secondary N) is 1. The smallest absolute Gasteiger partial charge is 0.424 e. The summed E-state index contributed by atoms with van der Waals surface area (Å²) < 4.78 is 68.4. The second kappa shape index (κ2) is 10.5. The number of alkyl halides is 3. The highest BCUT2D eigenvalue weighted by Gasteiger charge is 2.57. The van der Waals surface area contributed by atoms with Crippen molar-refractivity contribution in [2.75, 3.05) is 20.3 Å². The molecule has 1 aliphatic heterocycles. The average Bonchev–Trinajstić information content (AvgIpc) is 3.28. The molecule has 0 saturated carbocycles. The Kier molecular flexibility index (Phi) is 7.34. The second-order valence-electron chi connectivity index (χ2n) is 10.4. The molecule has 0 aliphatic carbocycles. The Balaban J connectivity index is 1.54. The zero-order chi connectivity index (χ0) is 30.4. The summed E-state index contributed by atoms with van der Waals surface area (Å²) in [5.41, 5.74) is 1.57. The summed E-state index contributed by atoms with van der Waals surface area (Å²) in [6, 6.07) is 13.7. The van der Waals surface area contributed by atoms with Crippen LogP contribution in [-0.4, -0.2) is 47.5 Å². The van der Waals surface area contributed by atoms with Crippen LogP contribution >= 0.6 is 0 Å². The fourth-order valence-corrected chi connectivity index (χ4v) is 4.83. The van der Waals surface area contributed by atoms with Gasteiger partial charge in [-0.3, -0.25) is 4.79 Å². The van der Waals surface area contributed by atoms with Crippen molar-refractivity contribution in [1.82, 2.24) is 10.3 Å². The molecule has 2 atom stereocenters. The molecule has 5 rings (SSSR count). The molecule has 0 radical (unpaired) electrons. The predicted molar refractivity (Wildman–Crippen MR) is 145 cm³/mol. The number of pyridine rings is 1. The van der Waals surface area contributed by atoms with Crippen LogP contribution in [0.5, 0.6) is 11.5 Å². The Morgan fingerprint density at radius 2 is 1.86 bits per heavy atom. The summed E-state index contributed by atoms with van der Waals surface area (Å²) >= 11 is 0. The van der Waals surface area contributed by atoms with E-state index in [1.54, 1.807) is 25.1 Å². The standard InChI is InChI=1S/C30H27F4N3O5/c1-28(35)15-42-26-22(28)12-24(37-25(26)17-5-7-20(31)8-6-17)29(40,30(32,33)34)14-36-27(39)19-10-18-4-3-16(13-38)9-21(18)23(11-19)41-2/h3-12,38,40H,13-15,35H2,1-2H3,(H,36,39)/t28-,29-/m1/s1. The Morgan fingerprint density at radius 3 is 2.50 bits per heavy atom. The van der Waals surface area contributed by atoms with E-state index in [-0.39, 0.29) is 47.1 Å². The van der Waals surface area contributed by atoms with Gasteiger partial charge in [0, 0.05) is 22.1 Å². The summed E-state index contributed by atoms with van der Waals surface area (Å²) in [5.74, 6) is -1.08. The molecule has 0 fully saturated rings. The van der Waals surface area contributed by atoms with E-state index < -0.39 is 41.3 Å². The Labute approximate surface area is 237 Å². The number of aliphatic hydroxyl groups is 2. The topological polar surface area (TPSA) is 127 Å². The highest BCUT2D eigenvalue weighted by Crippen LogP contribution is 2.46. The second-order valence-corrected chi connectivity index (χ2v) is 10.4. The van der Waals surface area contributed by atoms with E-state index in [4.69, 9.17) is 15.2 Å². The van der Waals surface area contributed by atoms with Gasteiger partial charge in [-0.05, 0) is 66.4 Å². The molecule has 8 nitrogen and oxygen atoms in total. The van der Waals surface area contributed by atoms with Crippen molar-refractivity contribution in [2.24, 2.45) is 5.73 Å². The number of carbonyl (C=O) groups is 1. The highest BCUT2D eigenvalue weighted by atomic mass is 19.4. The van der Waals surface area contributed by atoms with E-state index >= 15 is 0 Å². The molecule has 1 amide bonds. The molecule has 0 bridgehead atoms. The zero-order valence-electron chi connectivity index (χ0n) is 22.6. The van der Waals surface area contributed by atoms with E-state index in [0.29, 0.717) is 16.3 Å². The number of aliphatic hydroxyl groups excluding tert-OH is 1. The van der Waals surface area contributed by atoms with Crippen LogP contribution < -0.4 is 20.5 Å². The quantitative estimate of drug-likeness (QED) is 0.239. The number of fused-ring (bicyclic) bond motifs is 2. The summed E-state index contributed by atoms with van der Waals surface area (Å²) in [7, 11) is 1.37. The van der Waals surface area contributed by atoms with Crippen molar-refractivity contribution < 1.29 is 42.0 Å². The van der Waals surface area contributed by atoms with Crippen LogP contribution in [0.2, 0.25) is 0 Å². The number of nitrogens with zero attached hydrogens (tertiary/aromatic N) is 1. The fourth-order valence-electron chi connectivity index (χ4n) is 4.83. The van der Waals surface area contributed by atoms with Crippen LogP contribution in [0.3, 0.4) is 0 Å². The third-order valence-electron chi connectivity index (χ3n) is 7.27. The lowest BCUT2D eigenvalue weighted by Crippen LogP contribution is -2.51. The van der Waals surface area contributed by atoms with Crippen LogP contribution in [-0.2, 0) is 17.7 Å². The number of hydrogen-bond acceptors (Lipinski definition) is 7. The molecule has 0 saturated heterocycles. The lowest BCUT2D eigenvalue weighted by Gasteiger charge is -2.31. The Bertz CT molecular complexity index is 1670.